The van der Waals surface area contributed by atoms with Crippen LogP contribution in [0.3, 0.4) is 0 Å². The zero-order chi connectivity index (χ0) is 18.7. The van der Waals surface area contributed by atoms with Crippen LogP contribution < -0.4 is 0 Å². The van der Waals surface area contributed by atoms with E-state index < -0.39 is 29.8 Å². The van der Waals surface area contributed by atoms with Gasteiger partial charge in [0, 0.05) is 24.0 Å². The van der Waals surface area contributed by atoms with E-state index in [1.165, 1.54) is 18.2 Å². The number of carbonyl (C=O) groups excluding carboxylic acids is 1. The monoisotopic (exact) mass is 371 g/mol. The van der Waals surface area contributed by atoms with Gasteiger partial charge in [-0.2, -0.15) is 18.3 Å². The number of oxime groups is 1. The summed E-state index contributed by atoms with van der Waals surface area (Å²) < 4.78 is 56.3. The molecule has 3 rings (SSSR count). The SMILES string of the molecule is O=C(OCCc1cn[nH]c1C(F)(F)F)[C@@H]1CC(c2cccc(F)c2)=NO1. The Kier molecular flexibility index (Phi) is 4.92. The minimum atomic E-state index is -4.56. The molecule has 2 heterocycles. The molecule has 0 radical (unpaired) electrons. The van der Waals surface area contributed by atoms with Crippen LogP contribution in [0, 0.1) is 5.82 Å². The lowest BCUT2D eigenvalue weighted by atomic mass is 10.1. The van der Waals surface area contributed by atoms with E-state index in [2.05, 4.69) is 10.3 Å². The van der Waals surface area contributed by atoms with Crippen LogP contribution >= 0.6 is 0 Å². The molecule has 0 fully saturated rings. The van der Waals surface area contributed by atoms with Crippen LogP contribution in [0.15, 0.2) is 35.6 Å². The van der Waals surface area contributed by atoms with Crippen LogP contribution in [0.4, 0.5) is 17.6 Å². The van der Waals surface area contributed by atoms with Crippen LogP contribution in [0.5, 0.6) is 0 Å². The fourth-order valence-electron chi connectivity index (χ4n) is 2.44. The number of esters is 1. The number of rotatable bonds is 5. The molecule has 26 heavy (non-hydrogen) atoms. The van der Waals surface area contributed by atoms with Crippen LogP contribution in [0.25, 0.3) is 0 Å². The lowest BCUT2D eigenvalue weighted by Crippen LogP contribution is -2.24. The smallest absolute Gasteiger partial charge is 0.433 e. The van der Waals surface area contributed by atoms with E-state index in [4.69, 9.17) is 9.57 Å². The molecular formula is C16H13F4N3O3. The van der Waals surface area contributed by atoms with Gasteiger partial charge in [0.25, 0.3) is 0 Å². The number of aromatic amines is 1. The second kappa shape index (κ2) is 7.14. The molecule has 0 saturated carbocycles. The molecule has 1 aliphatic heterocycles. The average molecular weight is 371 g/mol. The second-order valence-electron chi connectivity index (χ2n) is 5.53. The first kappa shape index (κ1) is 17.9. The van der Waals surface area contributed by atoms with E-state index in [0.29, 0.717) is 11.3 Å². The summed E-state index contributed by atoms with van der Waals surface area (Å²) in [5.74, 6) is -1.20. The number of aromatic nitrogens is 2. The Balaban J connectivity index is 1.51. The average Bonchev–Trinajstić information content (AvgIpc) is 3.24. The fourth-order valence-corrected chi connectivity index (χ4v) is 2.44. The second-order valence-corrected chi connectivity index (χ2v) is 5.53. The van der Waals surface area contributed by atoms with Gasteiger partial charge in [-0.15, -0.1) is 0 Å². The third-order valence-corrected chi connectivity index (χ3v) is 3.71. The van der Waals surface area contributed by atoms with Gasteiger partial charge in [-0.05, 0) is 12.1 Å². The highest BCUT2D eigenvalue weighted by Crippen LogP contribution is 2.30. The van der Waals surface area contributed by atoms with Gasteiger partial charge >= 0.3 is 12.1 Å². The van der Waals surface area contributed by atoms with Crippen molar-refractivity contribution in [3.05, 3.63) is 53.1 Å². The van der Waals surface area contributed by atoms with Crippen LogP contribution in [-0.2, 0) is 27.0 Å². The van der Waals surface area contributed by atoms with Gasteiger partial charge in [0.2, 0.25) is 6.10 Å². The summed E-state index contributed by atoms with van der Waals surface area (Å²) in [6.45, 7) is -0.267. The molecule has 1 aromatic carbocycles. The summed E-state index contributed by atoms with van der Waals surface area (Å²) in [6.07, 6.45) is -4.60. The van der Waals surface area contributed by atoms with Crippen molar-refractivity contribution in [2.75, 3.05) is 6.61 Å². The number of hydrogen-bond donors (Lipinski definition) is 1. The maximum Gasteiger partial charge on any atom is 0.433 e. The predicted molar refractivity (Wildman–Crippen MR) is 80.7 cm³/mol. The van der Waals surface area contributed by atoms with Gasteiger partial charge in [-0.3, -0.25) is 5.10 Å². The largest absolute Gasteiger partial charge is 0.463 e. The summed E-state index contributed by atoms with van der Waals surface area (Å²) in [4.78, 5) is 16.9. The highest BCUT2D eigenvalue weighted by molar-refractivity contribution is 6.03. The summed E-state index contributed by atoms with van der Waals surface area (Å²) in [7, 11) is 0. The Morgan fingerprint density at radius 1 is 1.38 bits per heavy atom. The topological polar surface area (TPSA) is 76.6 Å². The van der Waals surface area contributed by atoms with Crippen molar-refractivity contribution in [2.24, 2.45) is 5.16 Å². The highest BCUT2D eigenvalue weighted by atomic mass is 19.4. The number of nitrogens with zero attached hydrogens (tertiary/aromatic N) is 2. The number of nitrogens with one attached hydrogen (secondary N) is 1. The van der Waals surface area contributed by atoms with Crippen molar-refractivity contribution in [1.82, 2.24) is 10.2 Å². The van der Waals surface area contributed by atoms with Gasteiger partial charge in [-0.1, -0.05) is 17.3 Å². The molecule has 1 N–H and O–H groups in total. The molecule has 6 nitrogen and oxygen atoms in total. The van der Waals surface area contributed by atoms with E-state index in [1.54, 1.807) is 6.07 Å². The fraction of sp³-hybridized carbons (Fsp3) is 0.312. The molecular weight excluding hydrogens is 358 g/mol. The maximum absolute atomic E-state index is 13.2. The normalized spacial score (nSPS) is 16.9. The molecule has 138 valence electrons. The molecule has 10 heteroatoms. The first-order chi connectivity index (χ1) is 12.3. The van der Waals surface area contributed by atoms with Crippen molar-refractivity contribution in [3.63, 3.8) is 0 Å². The number of benzene rings is 1. The van der Waals surface area contributed by atoms with Crippen LogP contribution in [0.2, 0.25) is 0 Å². The molecule has 0 saturated heterocycles. The van der Waals surface area contributed by atoms with Gasteiger partial charge in [0.05, 0.1) is 18.5 Å². The third-order valence-electron chi connectivity index (χ3n) is 3.71. The Hall–Kier alpha value is -2.91. The van der Waals surface area contributed by atoms with Gasteiger partial charge < -0.3 is 9.57 Å². The number of alkyl halides is 3. The van der Waals surface area contributed by atoms with Gasteiger partial charge in [-0.25, -0.2) is 9.18 Å². The molecule has 2 aromatic rings. The first-order valence-electron chi connectivity index (χ1n) is 7.59. The zero-order valence-electron chi connectivity index (χ0n) is 13.2. The molecule has 1 aliphatic rings. The minimum Gasteiger partial charge on any atom is -0.463 e. The number of carbonyl (C=O) groups is 1. The predicted octanol–water partition coefficient (Wildman–Crippen LogP) is 2.85. The van der Waals surface area contributed by atoms with Crippen molar-refractivity contribution in [3.8, 4) is 0 Å². The summed E-state index contributed by atoms with van der Waals surface area (Å²) in [5, 5.41) is 8.97. The van der Waals surface area contributed by atoms with Crippen molar-refractivity contribution >= 4 is 11.7 Å². The Morgan fingerprint density at radius 2 is 2.19 bits per heavy atom. The van der Waals surface area contributed by atoms with E-state index in [0.717, 1.165) is 6.20 Å². The molecule has 1 atom stereocenters. The molecule has 0 amide bonds. The lowest BCUT2D eigenvalue weighted by Gasteiger charge is -2.10. The number of H-pyrrole nitrogens is 1. The summed E-state index contributed by atoms with van der Waals surface area (Å²) in [5.41, 5.74) is -0.203. The zero-order valence-corrected chi connectivity index (χ0v) is 13.2. The first-order valence-corrected chi connectivity index (χ1v) is 7.59. The molecule has 0 spiro atoms. The Bertz CT molecular complexity index is 832. The van der Waals surface area contributed by atoms with Gasteiger partial charge in [0.15, 0.2) is 0 Å². The summed E-state index contributed by atoms with van der Waals surface area (Å²) in [6, 6.07) is 5.66. The minimum absolute atomic E-state index is 0.0851. The van der Waals surface area contributed by atoms with Crippen molar-refractivity contribution in [2.45, 2.75) is 25.1 Å². The quantitative estimate of drug-likeness (QED) is 0.648. The lowest BCUT2D eigenvalue weighted by molar-refractivity contribution is -0.155. The van der Waals surface area contributed by atoms with Crippen LogP contribution in [0.1, 0.15) is 23.2 Å². The Labute approximate surface area is 144 Å². The summed E-state index contributed by atoms with van der Waals surface area (Å²) >= 11 is 0. The van der Waals surface area contributed by atoms with E-state index >= 15 is 0 Å². The van der Waals surface area contributed by atoms with Gasteiger partial charge in [0.1, 0.15) is 11.5 Å². The molecule has 0 bridgehead atoms. The van der Waals surface area contributed by atoms with E-state index in [-0.39, 0.29) is 25.0 Å². The number of hydrogen-bond acceptors (Lipinski definition) is 5. The number of halogens is 4. The molecule has 0 unspecified atom stereocenters. The number of ether oxygens (including phenoxy) is 1. The van der Waals surface area contributed by atoms with Crippen LogP contribution in [-0.4, -0.2) is 34.6 Å². The van der Waals surface area contributed by atoms with Crippen molar-refractivity contribution in [1.29, 1.82) is 0 Å². The maximum atomic E-state index is 13.2. The van der Waals surface area contributed by atoms with E-state index in [9.17, 15) is 22.4 Å². The highest BCUT2D eigenvalue weighted by Gasteiger charge is 2.35. The molecule has 1 aromatic heterocycles. The third kappa shape index (κ3) is 4.01. The standard InChI is InChI=1S/C16H13F4N3O3/c17-11-3-1-2-9(6-11)12-7-13(26-23-12)15(24)25-5-4-10-8-21-22-14(10)16(18,19)20/h1-3,6,8,13H,4-5,7H2,(H,21,22)/t13-/m0/s1. The molecule has 0 aliphatic carbocycles. The Morgan fingerprint density at radius 3 is 2.92 bits per heavy atom. The van der Waals surface area contributed by atoms with E-state index in [1.807, 2.05) is 5.10 Å². The van der Waals surface area contributed by atoms with Crippen molar-refractivity contribution < 1.29 is 31.9 Å².